The van der Waals surface area contributed by atoms with Crippen molar-refractivity contribution in [1.82, 2.24) is 4.90 Å². The minimum atomic E-state index is -0.502. The van der Waals surface area contributed by atoms with E-state index in [-0.39, 0.29) is 0 Å². The van der Waals surface area contributed by atoms with Crippen molar-refractivity contribution < 1.29 is 14.6 Å². The second-order valence-electron chi connectivity index (χ2n) is 7.77. The molecule has 1 N–H and O–H groups in total. The zero-order chi connectivity index (χ0) is 20.6. The number of aliphatic hydroxyl groups is 1. The topological polar surface area (TPSA) is 45.2 Å². The molecular formula is C24H34N2O3. The van der Waals surface area contributed by atoms with Gasteiger partial charge in [0, 0.05) is 32.7 Å². The Kier molecular flexibility index (Phi) is 7.78. The summed E-state index contributed by atoms with van der Waals surface area (Å²) in [4.78, 5) is 4.65. The van der Waals surface area contributed by atoms with Gasteiger partial charge in [-0.15, -0.1) is 0 Å². The van der Waals surface area contributed by atoms with Crippen molar-refractivity contribution in [3.8, 4) is 11.5 Å². The molecule has 1 fully saturated rings. The first-order valence-corrected chi connectivity index (χ1v) is 10.6. The highest BCUT2D eigenvalue weighted by atomic mass is 16.5. The summed E-state index contributed by atoms with van der Waals surface area (Å²) in [7, 11) is 1.71. The van der Waals surface area contributed by atoms with Gasteiger partial charge in [0.1, 0.15) is 24.2 Å². The zero-order valence-electron chi connectivity index (χ0n) is 17.9. The minimum absolute atomic E-state index is 0.320. The Labute approximate surface area is 174 Å². The van der Waals surface area contributed by atoms with Crippen molar-refractivity contribution >= 4 is 5.69 Å². The van der Waals surface area contributed by atoms with Crippen LogP contribution in [0.1, 0.15) is 31.7 Å². The van der Waals surface area contributed by atoms with E-state index in [2.05, 4.69) is 35.8 Å². The van der Waals surface area contributed by atoms with Gasteiger partial charge >= 0.3 is 0 Å². The third-order valence-corrected chi connectivity index (χ3v) is 5.76. The Morgan fingerprint density at radius 2 is 1.62 bits per heavy atom. The Balaban J connectivity index is 1.47. The quantitative estimate of drug-likeness (QED) is 0.697. The molecule has 0 amide bonds. The molecule has 2 atom stereocenters. The molecule has 2 aromatic carbocycles. The number of hydrogen-bond donors (Lipinski definition) is 1. The molecule has 1 heterocycles. The van der Waals surface area contributed by atoms with Crippen LogP contribution in [-0.4, -0.2) is 62.6 Å². The number of aliphatic hydroxyl groups excluding tert-OH is 1. The van der Waals surface area contributed by atoms with E-state index in [1.807, 2.05) is 36.4 Å². The number of benzene rings is 2. The fourth-order valence-corrected chi connectivity index (χ4v) is 3.84. The highest BCUT2D eigenvalue weighted by molar-refractivity contribution is 5.58. The van der Waals surface area contributed by atoms with Crippen LogP contribution in [0.2, 0.25) is 0 Å². The van der Waals surface area contributed by atoms with Crippen LogP contribution in [0.5, 0.6) is 11.5 Å². The van der Waals surface area contributed by atoms with Crippen LogP contribution < -0.4 is 14.4 Å². The third kappa shape index (κ3) is 5.64. The van der Waals surface area contributed by atoms with Crippen LogP contribution in [0, 0.1) is 0 Å². The van der Waals surface area contributed by atoms with E-state index < -0.39 is 6.10 Å². The SMILES string of the molecule is CC[C@H](C)c1ccccc1OC[C@H](O)CN1CCN(c2ccccc2OC)CC1. The van der Waals surface area contributed by atoms with E-state index >= 15 is 0 Å². The van der Waals surface area contributed by atoms with Crippen LogP contribution in [0.25, 0.3) is 0 Å². The summed E-state index contributed by atoms with van der Waals surface area (Å²) in [5.74, 6) is 2.25. The van der Waals surface area contributed by atoms with Gasteiger partial charge in [-0.2, -0.15) is 0 Å². The van der Waals surface area contributed by atoms with Gasteiger partial charge in [0.15, 0.2) is 0 Å². The number of piperazine rings is 1. The summed E-state index contributed by atoms with van der Waals surface area (Å²) in [6, 6.07) is 16.3. The first-order valence-electron chi connectivity index (χ1n) is 10.6. The molecule has 29 heavy (non-hydrogen) atoms. The van der Waals surface area contributed by atoms with E-state index in [9.17, 15) is 5.11 Å². The molecule has 0 bridgehead atoms. The van der Waals surface area contributed by atoms with Crippen LogP contribution >= 0.6 is 0 Å². The number of para-hydroxylation sites is 3. The number of β-amino-alcohol motifs (C(OH)–C–C–N with tert-alkyl or cyclic N) is 1. The lowest BCUT2D eigenvalue weighted by Gasteiger charge is -2.37. The predicted molar refractivity (Wildman–Crippen MR) is 118 cm³/mol. The average Bonchev–Trinajstić information content (AvgIpc) is 2.78. The molecule has 0 saturated carbocycles. The monoisotopic (exact) mass is 398 g/mol. The molecule has 3 rings (SSSR count). The fraction of sp³-hybridized carbons (Fsp3) is 0.500. The Morgan fingerprint density at radius 1 is 0.966 bits per heavy atom. The maximum absolute atomic E-state index is 10.5. The molecule has 0 aliphatic carbocycles. The lowest BCUT2D eigenvalue weighted by molar-refractivity contribution is 0.0658. The van der Waals surface area contributed by atoms with Crippen LogP contribution in [0.4, 0.5) is 5.69 Å². The van der Waals surface area contributed by atoms with E-state index in [0.717, 1.165) is 49.8 Å². The molecule has 5 heteroatoms. The van der Waals surface area contributed by atoms with Crippen LogP contribution in [0.15, 0.2) is 48.5 Å². The second-order valence-corrected chi connectivity index (χ2v) is 7.77. The lowest BCUT2D eigenvalue weighted by Crippen LogP contribution is -2.49. The molecule has 2 aromatic rings. The summed E-state index contributed by atoms with van der Waals surface area (Å²) in [5, 5.41) is 10.5. The van der Waals surface area contributed by atoms with E-state index in [1.165, 1.54) is 5.56 Å². The summed E-state index contributed by atoms with van der Waals surface area (Å²) in [6.45, 7) is 9.01. The van der Waals surface area contributed by atoms with E-state index in [4.69, 9.17) is 9.47 Å². The number of methoxy groups -OCH3 is 1. The summed E-state index contributed by atoms with van der Waals surface area (Å²) in [6.07, 6.45) is 0.567. The Hall–Kier alpha value is -2.24. The van der Waals surface area contributed by atoms with Gasteiger partial charge in [-0.05, 0) is 36.1 Å². The molecule has 1 aliphatic rings. The third-order valence-electron chi connectivity index (χ3n) is 5.76. The molecule has 0 unspecified atom stereocenters. The molecule has 158 valence electrons. The number of ether oxygens (including phenoxy) is 2. The van der Waals surface area contributed by atoms with Crippen molar-refractivity contribution in [3.63, 3.8) is 0 Å². The fourth-order valence-electron chi connectivity index (χ4n) is 3.84. The normalized spacial score (nSPS) is 17.0. The summed E-state index contributed by atoms with van der Waals surface area (Å²) in [5.41, 5.74) is 2.35. The van der Waals surface area contributed by atoms with E-state index in [1.54, 1.807) is 7.11 Å². The zero-order valence-corrected chi connectivity index (χ0v) is 17.9. The van der Waals surface area contributed by atoms with Crippen molar-refractivity contribution in [2.45, 2.75) is 32.3 Å². The smallest absolute Gasteiger partial charge is 0.142 e. The van der Waals surface area contributed by atoms with Gasteiger partial charge < -0.3 is 19.5 Å². The minimum Gasteiger partial charge on any atom is -0.495 e. The van der Waals surface area contributed by atoms with Gasteiger partial charge in [0.2, 0.25) is 0 Å². The molecule has 0 aromatic heterocycles. The number of anilines is 1. The average molecular weight is 399 g/mol. The van der Waals surface area contributed by atoms with Gasteiger partial charge in [0.25, 0.3) is 0 Å². The van der Waals surface area contributed by atoms with E-state index in [0.29, 0.717) is 19.1 Å². The molecule has 1 saturated heterocycles. The number of rotatable bonds is 9. The first kappa shape index (κ1) is 21.5. The molecule has 0 radical (unpaired) electrons. The maximum atomic E-state index is 10.5. The van der Waals surface area contributed by atoms with Crippen molar-refractivity contribution in [1.29, 1.82) is 0 Å². The van der Waals surface area contributed by atoms with Gasteiger partial charge in [-0.1, -0.05) is 44.2 Å². The van der Waals surface area contributed by atoms with Gasteiger partial charge in [-0.3, -0.25) is 4.90 Å². The lowest BCUT2D eigenvalue weighted by atomic mass is 9.98. The predicted octanol–water partition coefficient (Wildman–Crippen LogP) is 3.77. The molecule has 0 spiro atoms. The number of hydrogen-bond acceptors (Lipinski definition) is 5. The van der Waals surface area contributed by atoms with Gasteiger partial charge in [0.05, 0.1) is 12.8 Å². The summed E-state index contributed by atoms with van der Waals surface area (Å²) < 4.78 is 11.5. The van der Waals surface area contributed by atoms with Gasteiger partial charge in [-0.25, -0.2) is 0 Å². The first-order chi connectivity index (χ1) is 14.1. The highest BCUT2D eigenvalue weighted by Crippen LogP contribution is 2.29. The molecule has 1 aliphatic heterocycles. The Bertz CT molecular complexity index is 759. The van der Waals surface area contributed by atoms with Crippen molar-refractivity contribution in [2.24, 2.45) is 0 Å². The molecule has 5 nitrogen and oxygen atoms in total. The van der Waals surface area contributed by atoms with Crippen molar-refractivity contribution in [3.05, 3.63) is 54.1 Å². The highest BCUT2D eigenvalue weighted by Gasteiger charge is 2.21. The summed E-state index contributed by atoms with van der Waals surface area (Å²) >= 11 is 0. The van der Waals surface area contributed by atoms with Crippen molar-refractivity contribution in [2.75, 3.05) is 51.3 Å². The number of nitrogens with zero attached hydrogens (tertiary/aromatic N) is 2. The standard InChI is InChI=1S/C24H34N2O3/c1-4-19(2)21-9-5-7-11-23(21)29-18-20(27)17-25-13-15-26(16-14-25)22-10-6-8-12-24(22)28-3/h5-12,19-20,27H,4,13-18H2,1-3H3/t19-,20+/m0/s1. The van der Waals surface area contributed by atoms with Crippen LogP contribution in [0.3, 0.4) is 0 Å². The van der Waals surface area contributed by atoms with Crippen LogP contribution in [-0.2, 0) is 0 Å². The molecular weight excluding hydrogens is 364 g/mol. The largest absolute Gasteiger partial charge is 0.495 e. The second kappa shape index (κ2) is 10.5. The Morgan fingerprint density at radius 3 is 2.31 bits per heavy atom. The maximum Gasteiger partial charge on any atom is 0.142 e.